The first-order valence-electron chi connectivity index (χ1n) is 4.50. The fraction of sp³-hybridized carbons (Fsp3) is 0.667. The highest BCUT2D eigenvalue weighted by molar-refractivity contribution is 6.37. The number of carbonyl (C=O) groups excluding carboxylic acids is 3. The Morgan fingerprint density at radius 3 is 2.36 bits per heavy atom. The maximum absolute atomic E-state index is 11.3. The molecule has 0 aliphatic carbocycles. The molecule has 14 heavy (non-hydrogen) atoms. The van der Waals surface area contributed by atoms with Gasteiger partial charge in [-0.15, -0.1) is 0 Å². The topological polar surface area (TPSA) is 89.3 Å². The fourth-order valence-corrected chi connectivity index (χ4v) is 0.897. The minimum absolute atomic E-state index is 0.0973. The molecule has 80 valence electrons. The SMILES string of the molecule is CC(=O)CNC(=O)C(=O)C(C)CCN. The third-order valence-electron chi connectivity index (χ3n) is 1.77. The zero-order chi connectivity index (χ0) is 11.1. The molecule has 0 saturated heterocycles. The molecule has 1 amide bonds. The van der Waals surface area contributed by atoms with Crippen LogP contribution in [0, 0.1) is 5.92 Å². The van der Waals surface area contributed by atoms with Crippen LogP contribution in [-0.4, -0.2) is 30.6 Å². The summed E-state index contributed by atoms with van der Waals surface area (Å²) in [4.78, 5) is 32.9. The Labute approximate surface area is 83.0 Å². The molecular formula is C9H16N2O3. The quantitative estimate of drug-likeness (QED) is 0.552. The molecule has 5 heteroatoms. The molecule has 0 aromatic rings. The highest BCUT2D eigenvalue weighted by atomic mass is 16.2. The lowest BCUT2D eigenvalue weighted by molar-refractivity contribution is -0.140. The van der Waals surface area contributed by atoms with Gasteiger partial charge in [0.25, 0.3) is 5.91 Å². The van der Waals surface area contributed by atoms with Crippen LogP contribution in [0.25, 0.3) is 0 Å². The molecule has 0 fully saturated rings. The minimum atomic E-state index is -0.707. The molecule has 0 radical (unpaired) electrons. The van der Waals surface area contributed by atoms with Gasteiger partial charge < -0.3 is 11.1 Å². The smallest absolute Gasteiger partial charge is 0.288 e. The lowest BCUT2D eigenvalue weighted by Gasteiger charge is -2.07. The second-order valence-corrected chi connectivity index (χ2v) is 3.23. The van der Waals surface area contributed by atoms with Crippen molar-refractivity contribution in [1.29, 1.82) is 0 Å². The van der Waals surface area contributed by atoms with Crippen molar-refractivity contribution in [2.45, 2.75) is 20.3 Å². The maximum atomic E-state index is 11.3. The number of carbonyl (C=O) groups is 3. The molecular weight excluding hydrogens is 184 g/mol. The predicted molar refractivity (Wildman–Crippen MR) is 51.5 cm³/mol. The van der Waals surface area contributed by atoms with E-state index in [4.69, 9.17) is 5.73 Å². The first kappa shape index (κ1) is 12.8. The third kappa shape index (κ3) is 4.71. The molecule has 0 aromatic carbocycles. The summed E-state index contributed by atoms with van der Waals surface area (Å²) in [6.45, 7) is 3.25. The average molecular weight is 200 g/mol. The van der Waals surface area contributed by atoms with Crippen LogP contribution in [0.5, 0.6) is 0 Å². The highest BCUT2D eigenvalue weighted by Gasteiger charge is 2.20. The third-order valence-corrected chi connectivity index (χ3v) is 1.77. The van der Waals surface area contributed by atoms with E-state index in [0.29, 0.717) is 13.0 Å². The Balaban J connectivity index is 3.99. The summed E-state index contributed by atoms with van der Waals surface area (Å²) in [7, 11) is 0. The first-order valence-corrected chi connectivity index (χ1v) is 4.50. The van der Waals surface area contributed by atoms with Gasteiger partial charge in [0.05, 0.1) is 6.54 Å². The van der Waals surface area contributed by atoms with Crippen LogP contribution in [0.3, 0.4) is 0 Å². The van der Waals surface area contributed by atoms with Crippen molar-refractivity contribution in [3.63, 3.8) is 0 Å². The maximum Gasteiger partial charge on any atom is 0.288 e. The molecule has 0 aliphatic rings. The van der Waals surface area contributed by atoms with Gasteiger partial charge >= 0.3 is 0 Å². The molecule has 0 spiro atoms. The number of amides is 1. The van der Waals surface area contributed by atoms with Crippen LogP contribution < -0.4 is 11.1 Å². The normalized spacial score (nSPS) is 11.9. The monoisotopic (exact) mass is 200 g/mol. The summed E-state index contributed by atoms with van der Waals surface area (Å²) < 4.78 is 0. The van der Waals surface area contributed by atoms with E-state index >= 15 is 0 Å². The first-order chi connectivity index (χ1) is 6.49. The van der Waals surface area contributed by atoms with Gasteiger partial charge in [0.1, 0.15) is 5.78 Å². The fourth-order valence-electron chi connectivity index (χ4n) is 0.897. The molecule has 1 atom stereocenters. The van der Waals surface area contributed by atoms with Crippen LogP contribution in [0.2, 0.25) is 0 Å². The van der Waals surface area contributed by atoms with Crippen molar-refractivity contribution in [2.75, 3.05) is 13.1 Å². The van der Waals surface area contributed by atoms with Gasteiger partial charge in [-0.3, -0.25) is 14.4 Å². The summed E-state index contributed by atoms with van der Waals surface area (Å²) in [5, 5.41) is 2.24. The van der Waals surface area contributed by atoms with E-state index in [1.807, 2.05) is 0 Å². The molecule has 3 N–H and O–H groups in total. The molecule has 0 saturated carbocycles. The summed E-state index contributed by atoms with van der Waals surface area (Å²) >= 11 is 0. The number of nitrogens with one attached hydrogen (secondary N) is 1. The van der Waals surface area contributed by atoms with E-state index in [1.165, 1.54) is 6.92 Å². The van der Waals surface area contributed by atoms with E-state index in [0.717, 1.165) is 0 Å². The Hall–Kier alpha value is -1.23. The highest BCUT2D eigenvalue weighted by Crippen LogP contribution is 2.01. The Bertz CT molecular complexity index is 238. The molecule has 0 aromatic heterocycles. The van der Waals surface area contributed by atoms with E-state index < -0.39 is 11.7 Å². The molecule has 0 bridgehead atoms. The van der Waals surface area contributed by atoms with Crippen LogP contribution in [0.15, 0.2) is 0 Å². The number of ketones is 2. The summed E-state index contributed by atoms with van der Waals surface area (Å²) in [5.41, 5.74) is 5.25. The Morgan fingerprint density at radius 1 is 1.36 bits per heavy atom. The molecule has 0 aliphatic heterocycles. The van der Waals surface area contributed by atoms with Gasteiger partial charge in [0.2, 0.25) is 5.78 Å². The van der Waals surface area contributed by atoms with E-state index in [2.05, 4.69) is 5.32 Å². The second kappa shape index (κ2) is 6.26. The largest absolute Gasteiger partial charge is 0.342 e. The van der Waals surface area contributed by atoms with Crippen LogP contribution in [-0.2, 0) is 14.4 Å². The number of Topliss-reactive ketones (excluding diaryl/α,β-unsaturated/α-hetero) is 2. The van der Waals surface area contributed by atoms with Gasteiger partial charge in [0, 0.05) is 5.92 Å². The Kier molecular flexibility index (Phi) is 5.71. The zero-order valence-corrected chi connectivity index (χ0v) is 8.50. The number of hydrogen-bond acceptors (Lipinski definition) is 4. The number of nitrogens with two attached hydrogens (primary N) is 1. The number of rotatable bonds is 6. The lowest BCUT2D eigenvalue weighted by Crippen LogP contribution is -2.37. The minimum Gasteiger partial charge on any atom is -0.342 e. The predicted octanol–water partition coefficient (Wildman–Crippen LogP) is -0.754. The van der Waals surface area contributed by atoms with Crippen LogP contribution in [0.1, 0.15) is 20.3 Å². The molecule has 0 rings (SSSR count). The van der Waals surface area contributed by atoms with Gasteiger partial charge in [-0.05, 0) is 19.9 Å². The standard InChI is InChI=1S/C9H16N2O3/c1-6(3-4-10)8(13)9(14)11-5-7(2)12/h6H,3-5,10H2,1-2H3,(H,11,14). The summed E-state index contributed by atoms with van der Waals surface area (Å²) in [5.74, 6) is -1.79. The molecule has 5 nitrogen and oxygen atoms in total. The van der Waals surface area contributed by atoms with Gasteiger partial charge in [-0.2, -0.15) is 0 Å². The van der Waals surface area contributed by atoms with Crippen LogP contribution >= 0.6 is 0 Å². The van der Waals surface area contributed by atoms with Crippen molar-refractivity contribution in [2.24, 2.45) is 11.7 Å². The van der Waals surface area contributed by atoms with Crippen molar-refractivity contribution < 1.29 is 14.4 Å². The van der Waals surface area contributed by atoms with Gasteiger partial charge in [-0.25, -0.2) is 0 Å². The second-order valence-electron chi connectivity index (χ2n) is 3.23. The Morgan fingerprint density at radius 2 is 1.93 bits per heavy atom. The van der Waals surface area contributed by atoms with E-state index in [-0.39, 0.29) is 18.2 Å². The van der Waals surface area contributed by atoms with Crippen molar-refractivity contribution in [3.05, 3.63) is 0 Å². The summed E-state index contributed by atoms with van der Waals surface area (Å²) in [6.07, 6.45) is 0.478. The molecule has 1 unspecified atom stereocenters. The van der Waals surface area contributed by atoms with E-state index in [1.54, 1.807) is 6.92 Å². The summed E-state index contributed by atoms with van der Waals surface area (Å²) in [6, 6.07) is 0. The molecule has 0 heterocycles. The van der Waals surface area contributed by atoms with Crippen molar-refractivity contribution in [1.82, 2.24) is 5.32 Å². The van der Waals surface area contributed by atoms with Crippen molar-refractivity contribution >= 4 is 17.5 Å². The van der Waals surface area contributed by atoms with E-state index in [9.17, 15) is 14.4 Å². The van der Waals surface area contributed by atoms with Crippen LogP contribution in [0.4, 0.5) is 0 Å². The zero-order valence-electron chi connectivity index (χ0n) is 8.50. The lowest BCUT2D eigenvalue weighted by atomic mass is 10.0. The van der Waals surface area contributed by atoms with Crippen molar-refractivity contribution in [3.8, 4) is 0 Å². The number of hydrogen-bond donors (Lipinski definition) is 2. The van der Waals surface area contributed by atoms with Gasteiger partial charge in [-0.1, -0.05) is 6.92 Å². The van der Waals surface area contributed by atoms with Gasteiger partial charge in [0.15, 0.2) is 0 Å². The average Bonchev–Trinajstić information content (AvgIpc) is 2.13.